The van der Waals surface area contributed by atoms with E-state index in [2.05, 4.69) is 21.4 Å². The molecule has 1 aliphatic heterocycles. The summed E-state index contributed by atoms with van der Waals surface area (Å²) in [5.41, 5.74) is 1.61. The Labute approximate surface area is 215 Å². The molecule has 1 saturated heterocycles. The van der Waals surface area contributed by atoms with Crippen LogP contribution in [0, 0.1) is 0 Å². The first kappa shape index (κ1) is 25.4. The molecule has 3 aromatic rings. The molecule has 0 bridgehead atoms. The Morgan fingerprint density at radius 3 is 2.00 bits per heavy atom. The van der Waals surface area contributed by atoms with Crippen LogP contribution in [0.15, 0.2) is 89.8 Å². The lowest BCUT2D eigenvalue weighted by atomic mass is 10.2. The quantitative estimate of drug-likeness (QED) is 0.290. The molecular weight excluding hydrogens is 506 g/mol. The van der Waals surface area contributed by atoms with Crippen molar-refractivity contribution in [2.75, 3.05) is 32.8 Å². The Bertz CT molecular complexity index is 1090. The smallest absolute Gasteiger partial charge is 0.193 e. The maximum absolute atomic E-state index is 14.3. The Balaban J connectivity index is 1.65. The number of hydrogen-bond acceptors (Lipinski definition) is 4. The van der Waals surface area contributed by atoms with E-state index < -0.39 is 7.29 Å². The van der Waals surface area contributed by atoms with Gasteiger partial charge in [-0.15, -0.1) is 11.3 Å². The minimum absolute atomic E-state index is 0.0741. The molecule has 0 saturated carbocycles. The van der Waals surface area contributed by atoms with Crippen LogP contribution in [0.5, 0.6) is 0 Å². The third-order valence-corrected chi connectivity index (χ3v) is 9.49. The van der Waals surface area contributed by atoms with Gasteiger partial charge in [0, 0.05) is 36.1 Å². The maximum atomic E-state index is 14.3. The van der Waals surface area contributed by atoms with Crippen molar-refractivity contribution in [2.24, 2.45) is 0 Å². The number of thiophene rings is 1. The molecule has 1 unspecified atom stereocenters. The minimum Gasteiger partial charge on any atom is -0.379 e. The van der Waals surface area contributed by atoms with E-state index in [4.69, 9.17) is 27.9 Å². The van der Waals surface area contributed by atoms with Crippen LogP contribution in [-0.2, 0) is 9.30 Å². The first-order chi connectivity index (χ1) is 16.5. The summed E-state index contributed by atoms with van der Waals surface area (Å²) in [5.74, 6) is 3.22. The molecule has 0 spiro atoms. The Kier molecular flexibility index (Phi) is 9.21. The number of halogens is 2. The molecule has 0 aliphatic carbocycles. The van der Waals surface area contributed by atoms with E-state index in [1.807, 2.05) is 66.7 Å². The van der Waals surface area contributed by atoms with Crippen molar-refractivity contribution < 1.29 is 9.30 Å². The number of rotatable bonds is 9. The number of nitrogens with zero attached hydrogens (tertiary/aromatic N) is 1. The van der Waals surface area contributed by atoms with Crippen molar-refractivity contribution in [3.8, 4) is 0 Å². The second-order valence-electron chi connectivity index (χ2n) is 7.94. The van der Waals surface area contributed by atoms with Crippen molar-refractivity contribution >= 4 is 51.9 Å². The van der Waals surface area contributed by atoms with E-state index in [-0.39, 0.29) is 6.04 Å². The monoisotopic (exact) mass is 532 g/mol. The number of morpholine rings is 1. The summed E-state index contributed by atoms with van der Waals surface area (Å²) in [6.07, 6.45) is 0. The minimum atomic E-state index is -3.26. The lowest BCUT2D eigenvalue weighted by Gasteiger charge is -2.34. The summed E-state index contributed by atoms with van der Waals surface area (Å²) in [6.45, 7) is 3.53. The zero-order valence-electron chi connectivity index (χ0n) is 18.6. The normalized spacial score (nSPS) is 17.0. The molecule has 0 amide bonds. The largest absolute Gasteiger partial charge is 0.379 e. The van der Waals surface area contributed by atoms with Crippen LogP contribution < -0.4 is 5.09 Å². The molecule has 1 aliphatic rings. The van der Waals surface area contributed by atoms with Gasteiger partial charge in [0.15, 0.2) is 7.29 Å². The van der Waals surface area contributed by atoms with Gasteiger partial charge in [0.25, 0.3) is 0 Å². The zero-order valence-corrected chi connectivity index (χ0v) is 21.9. The molecule has 4 rings (SSSR count). The second-order valence-corrected chi connectivity index (χ2v) is 12.0. The standard InChI is InChI=1S/C26H27Cl2N2O2PS/c27-23(21-8-3-1-4-9-21)19-33(31,20-24(28)22-10-5-2-6-11-22)29-18-25(26-12-7-17-34-26)30-13-15-32-16-14-30/h1-12,17,19-20,25H,13-16,18H2,(H,29,31)/b23-19-,24-20-. The summed E-state index contributed by atoms with van der Waals surface area (Å²) in [6, 6.07) is 23.3. The average molecular weight is 533 g/mol. The average Bonchev–Trinajstić information content (AvgIpc) is 3.40. The molecule has 34 heavy (non-hydrogen) atoms. The highest BCUT2D eigenvalue weighted by Crippen LogP contribution is 2.50. The highest BCUT2D eigenvalue weighted by molar-refractivity contribution is 7.68. The van der Waals surface area contributed by atoms with Crippen LogP contribution in [0.2, 0.25) is 0 Å². The van der Waals surface area contributed by atoms with Crippen molar-refractivity contribution in [1.29, 1.82) is 0 Å². The van der Waals surface area contributed by atoms with Gasteiger partial charge in [-0.2, -0.15) is 0 Å². The van der Waals surface area contributed by atoms with E-state index in [1.165, 1.54) is 4.88 Å². The number of ether oxygens (including phenoxy) is 1. The third-order valence-electron chi connectivity index (χ3n) is 5.60. The summed E-state index contributed by atoms with van der Waals surface area (Å²) in [4.78, 5) is 3.59. The maximum Gasteiger partial charge on any atom is 0.193 e. The lowest BCUT2D eigenvalue weighted by Crippen LogP contribution is -2.42. The molecule has 178 valence electrons. The van der Waals surface area contributed by atoms with Crippen LogP contribution in [0.1, 0.15) is 22.0 Å². The van der Waals surface area contributed by atoms with E-state index in [0.29, 0.717) is 29.8 Å². The van der Waals surface area contributed by atoms with Gasteiger partial charge in [0.1, 0.15) is 0 Å². The van der Waals surface area contributed by atoms with Gasteiger partial charge in [-0.1, -0.05) is 89.9 Å². The second kappa shape index (κ2) is 12.3. The first-order valence-corrected chi connectivity index (χ1v) is 14.6. The van der Waals surface area contributed by atoms with E-state index in [0.717, 1.165) is 24.2 Å². The van der Waals surface area contributed by atoms with Crippen LogP contribution in [0.4, 0.5) is 0 Å². The fourth-order valence-electron chi connectivity index (χ4n) is 3.82. The Morgan fingerprint density at radius 2 is 1.50 bits per heavy atom. The molecule has 0 radical (unpaired) electrons. The summed E-state index contributed by atoms with van der Waals surface area (Å²) in [7, 11) is -3.26. The molecule has 2 heterocycles. The van der Waals surface area contributed by atoms with Gasteiger partial charge in [-0.25, -0.2) is 0 Å². The molecule has 8 heteroatoms. The van der Waals surface area contributed by atoms with E-state index in [1.54, 1.807) is 23.0 Å². The Hall–Kier alpha value is -1.69. The summed E-state index contributed by atoms with van der Waals surface area (Å²) < 4.78 is 19.8. The summed E-state index contributed by atoms with van der Waals surface area (Å²) in [5, 5.41) is 6.25. The summed E-state index contributed by atoms with van der Waals surface area (Å²) >= 11 is 15.0. The highest BCUT2D eigenvalue weighted by atomic mass is 35.5. The number of nitrogens with one attached hydrogen (secondary N) is 1. The van der Waals surface area contributed by atoms with Crippen LogP contribution in [0.3, 0.4) is 0 Å². The predicted molar refractivity (Wildman–Crippen MR) is 146 cm³/mol. The lowest BCUT2D eigenvalue weighted by molar-refractivity contribution is 0.0179. The van der Waals surface area contributed by atoms with Crippen molar-refractivity contribution in [1.82, 2.24) is 9.99 Å². The van der Waals surface area contributed by atoms with E-state index in [9.17, 15) is 4.57 Å². The zero-order chi connectivity index (χ0) is 23.8. The number of benzene rings is 2. The molecule has 1 atom stereocenters. The highest BCUT2D eigenvalue weighted by Gasteiger charge is 2.27. The van der Waals surface area contributed by atoms with Crippen molar-refractivity contribution in [3.63, 3.8) is 0 Å². The molecule has 1 fully saturated rings. The third kappa shape index (κ3) is 6.93. The fraction of sp³-hybridized carbons (Fsp3) is 0.231. The van der Waals surface area contributed by atoms with Crippen LogP contribution in [-0.4, -0.2) is 37.7 Å². The van der Waals surface area contributed by atoms with Gasteiger partial charge >= 0.3 is 0 Å². The van der Waals surface area contributed by atoms with E-state index >= 15 is 0 Å². The van der Waals surface area contributed by atoms with Gasteiger partial charge < -0.3 is 4.74 Å². The van der Waals surface area contributed by atoms with Gasteiger partial charge in [-0.05, 0) is 22.6 Å². The van der Waals surface area contributed by atoms with Crippen molar-refractivity contribution in [3.05, 3.63) is 106 Å². The Morgan fingerprint density at radius 1 is 0.941 bits per heavy atom. The molecular formula is C26H27Cl2N2O2PS. The first-order valence-electron chi connectivity index (χ1n) is 11.1. The van der Waals surface area contributed by atoms with Crippen molar-refractivity contribution in [2.45, 2.75) is 6.04 Å². The van der Waals surface area contributed by atoms with Crippen LogP contribution in [0.25, 0.3) is 10.1 Å². The van der Waals surface area contributed by atoms with Crippen LogP contribution >= 0.6 is 41.8 Å². The number of hydrogen-bond donors (Lipinski definition) is 1. The molecule has 1 aromatic heterocycles. The van der Waals surface area contributed by atoms with Gasteiger partial charge in [-0.3, -0.25) is 14.6 Å². The molecule has 1 N–H and O–H groups in total. The topological polar surface area (TPSA) is 41.6 Å². The fourth-order valence-corrected chi connectivity index (χ4v) is 7.49. The molecule has 2 aromatic carbocycles. The SMILES string of the molecule is O=P(/C=C(\Cl)c1ccccc1)(/C=C(\Cl)c1ccccc1)NCC(c1cccs1)N1CCOCC1. The molecule has 4 nitrogen and oxygen atoms in total. The van der Waals surface area contributed by atoms with Gasteiger partial charge in [0.2, 0.25) is 0 Å². The predicted octanol–water partition coefficient (Wildman–Crippen LogP) is 7.46. The van der Waals surface area contributed by atoms with Gasteiger partial charge in [0.05, 0.1) is 29.3 Å².